The Balaban J connectivity index is 1.98. The first-order valence-electron chi connectivity index (χ1n) is 5.93. The quantitative estimate of drug-likeness (QED) is 0.709. The minimum atomic E-state index is -0.905. The molecule has 0 N–H and O–H groups in total. The van der Waals surface area contributed by atoms with Gasteiger partial charge in [-0.15, -0.1) is 0 Å². The molecule has 94 valence electrons. The zero-order valence-electron chi connectivity index (χ0n) is 9.99. The Morgan fingerprint density at radius 2 is 1.79 bits per heavy atom. The molecule has 0 unspecified atom stereocenters. The number of carbonyl (C=O) groups excluding carboxylic acids is 1. The van der Waals surface area contributed by atoms with Gasteiger partial charge in [-0.25, -0.2) is 8.78 Å². The highest BCUT2D eigenvalue weighted by Gasteiger charge is 2.23. The molecule has 0 amide bonds. The van der Waals surface area contributed by atoms with Gasteiger partial charge in [-0.2, -0.15) is 0 Å². The Labute approximate surface area is 109 Å². The van der Waals surface area contributed by atoms with E-state index in [1.165, 1.54) is 6.07 Å². The number of hydrogen-bond donors (Lipinski definition) is 0. The number of benzene rings is 2. The lowest BCUT2D eigenvalue weighted by Gasteiger charge is -1.98. The van der Waals surface area contributed by atoms with Crippen LogP contribution in [0.25, 0.3) is 6.08 Å². The van der Waals surface area contributed by atoms with E-state index in [1.54, 1.807) is 12.1 Å². The fraction of sp³-hybridized carbons (Fsp3) is 0.0625. The van der Waals surface area contributed by atoms with Crippen LogP contribution in [0.5, 0.6) is 0 Å². The maximum absolute atomic E-state index is 13.1. The molecular weight excluding hydrogens is 246 g/mol. The fourth-order valence-electron chi connectivity index (χ4n) is 2.27. The zero-order chi connectivity index (χ0) is 13.4. The van der Waals surface area contributed by atoms with Crippen LogP contribution >= 0.6 is 0 Å². The van der Waals surface area contributed by atoms with Crippen LogP contribution in [-0.4, -0.2) is 5.78 Å². The second kappa shape index (κ2) is 4.43. The lowest BCUT2D eigenvalue weighted by Crippen LogP contribution is -1.95. The van der Waals surface area contributed by atoms with Gasteiger partial charge < -0.3 is 0 Å². The molecule has 0 spiro atoms. The summed E-state index contributed by atoms with van der Waals surface area (Å²) < 4.78 is 26.0. The summed E-state index contributed by atoms with van der Waals surface area (Å²) in [6.45, 7) is 0. The monoisotopic (exact) mass is 256 g/mol. The van der Waals surface area contributed by atoms with Gasteiger partial charge in [0.2, 0.25) is 0 Å². The van der Waals surface area contributed by atoms with Crippen LogP contribution in [0, 0.1) is 11.6 Å². The lowest BCUT2D eigenvalue weighted by molar-refractivity contribution is 0.104. The highest BCUT2D eigenvalue weighted by Crippen LogP contribution is 2.27. The minimum Gasteiger partial charge on any atom is -0.289 e. The summed E-state index contributed by atoms with van der Waals surface area (Å²) in [5, 5.41) is 0. The molecular formula is C16H10F2O. The summed E-state index contributed by atoms with van der Waals surface area (Å²) >= 11 is 0. The van der Waals surface area contributed by atoms with Crippen molar-refractivity contribution in [2.75, 3.05) is 0 Å². The third kappa shape index (κ3) is 2.08. The highest BCUT2D eigenvalue weighted by atomic mass is 19.2. The first-order valence-corrected chi connectivity index (χ1v) is 5.93. The van der Waals surface area contributed by atoms with E-state index in [2.05, 4.69) is 0 Å². The molecule has 0 saturated carbocycles. The summed E-state index contributed by atoms with van der Waals surface area (Å²) in [6.07, 6.45) is 2.15. The Bertz CT molecular complexity index is 702. The van der Waals surface area contributed by atoms with Crippen LogP contribution in [0.15, 0.2) is 48.0 Å². The second-order valence-corrected chi connectivity index (χ2v) is 4.51. The summed E-state index contributed by atoms with van der Waals surface area (Å²) in [6, 6.07) is 11.0. The largest absolute Gasteiger partial charge is 0.289 e. The molecule has 0 aliphatic heterocycles. The van der Waals surface area contributed by atoms with Crippen molar-refractivity contribution in [2.24, 2.45) is 0 Å². The lowest BCUT2D eigenvalue weighted by atomic mass is 10.1. The van der Waals surface area contributed by atoms with E-state index in [4.69, 9.17) is 0 Å². The van der Waals surface area contributed by atoms with Crippen LogP contribution in [-0.2, 0) is 6.42 Å². The summed E-state index contributed by atoms with van der Waals surface area (Å²) in [5.41, 5.74) is 2.76. The molecule has 1 aliphatic rings. The number of halogens is 2. The maximum atomic E-state index is 13.1. The fourth-order valence-corrected chi connectivity index (χ4v) is 2.27. The first kappa shape index (κ1) is 11.8. The number of carbonyl (C=O) groups is 1. The predicted octanol–water partition coefficient (Wildman–Crippen LogP) is 3.79. The van der Waals surface area contributed by atoms with E-state index in [9.17, 15) is 13.6 Å². The smallest absolute Gasteiger partial charge is 0.189 e. The Kier molecular flexibility index (Phi) is 2.75. The van der Waals surface area contributed by atoms with Crippen LogP contribution in [0.1, 0.15) is 21.5 Å². The Morgan fingerprint density at radius 3 is 2.53 bits per heavy atom. The van der Waals surface area contributed by atoms with Gasteiger partial charge in [-0.05, 0) is 29.3 Å². The van der Waals surface area contributed by atoms with Crippen molar-refractivity contribution >= 4 is 11.9 Å². The van der Waals surface area contributed by atoms with Crippen molar-refractivity contribution in [3.8, 4) is 0 Å². The minimum absolute atomic E-state index is 0.0414. The normalized spacial score (nSPS) is 15.9. The van der Waals surface area contributed by atoms with E-state index < -0.39 is 11.6 Å². The second-order valence-electron chi connectivity index (χ2n) is 4.51. The van der Waals surface area contributed by atoms with Crippen molar-refractivity contribution < 1.29 is 13.6 Å². The number of Topliss-reactive ketones (excluding diaryl/α,β-unsaturated/α-hetero) is 1. The van der Waals surface area contributed by atoms with Crippen molar-refractivity contribution in [3.05, 3.63) is 76.4 Å². The average Bonchev–Trinajstić information content (AvgIpc) is 2.72. The van der Waals surface area contributed by atoms with Gasteiger partial charge in [0, 0.05) is 17.6 Å². The van der Waals surface area contributed by atoms with E-state index in [0.717, 1.165) is 17.7 Å². The van der Waals surface area contributed by atoms with Crippen LogP contribution < -0.4 is 0 Å². The number of hydrogen-bond acceptors (Lipinski definition) is 1. The van der Waals surface area contributed by atoms with Gasteiger partial charge in [0.15, 0.2) is 17.4 Å². The topological polar surface area (TPSA) is 17.1 Å². The molecule has 3 heteroatoms. The highest BCUT2D eigenvalue weighted by molar-refractivity contribution is 6.15. The predicted molar refractivity (Wildman–Crippen MR) is 68.8 cm³/mol. The van der Waals surface area contributed by atoms with Gasteiger partial charge in [0.1, 0.15) is 0 Å². The molecule has 3 rings (SSSR count). The molecule has 19 heavy (non-hydrogen) atoms. The molecule has 1 nitrogen and oxygen atoms in total. The zero-order valence-corrected chi connectivity index (χ0v) is 9.99. The van der Waals surface area contributed by atoms with E-state index >= 15 is 0 Å². The molecule has 0 heterocycles. The molecule has 0 atom stereocenters. The van der Waals surface area contributed by atoms with Crippen LogP contribution in [0.4, 0.5) is 8.78 Å². The molecule has 2 aromatic rings. The summed E-state index contributed by atoms with van der Waals surface area (Å²) in [4.78, 5) is 12.1. The average molecular weight is 256 g/mol. The number of fused-ring (bicyclic) bond motifs is 1. The summed E-state index contributed by atoms with van der Waals surface area (Å²) in [5.74, 6) is -1.83. The van der Waals surface area contributed by atoms with Crippen LogP contribution in [0.2, 0.25) is 0 Å². The van der Waals surface area contributed by atoms with Crippen LogP contribution in [0.3, 0.4) is 0 Å². The number of ketones is 1. The van der Waals surface area contributed by atoms with Crippen molar-refractivity contribution in [2.45, 2.75) is 6.42 Å². The Hall–Kier alpha value is -2.29. The maximum Gasteiger partial charge on any atom is 0.189 e. The number of rotatable bonds is 1. The standard InChI is InChI=1S/C16H10F2O/c17-14-6-5-10(8-15(14)18)7-12-9-11-3-1-2-4-13(11)16(12)19/h1-8H,9H2. The van der Waals surface area contributed by atoms with Gasteiger partial charge >= 0.3 is 0 Å². The molecule has 0 fully saturated rings. The van der Waals surface area contributed by atoms with Gasteiger partial charge in [-0.1, -0.05) is 30.3 Å². The van der Waals surface area contributed by atoms with Crippen molar-refractivity contribution in [1.82, 2.24) is 0 Å². The van der Waals surface area contributed by atoms with Gasteiger partial charge in [-0.3, -0.25) is 4.79 Å². The Morgan fingerprint density at radius 1 is 1.00 bits per heavy atom. The molecule has 0 radical (unpaired) electrons. The van der Waals surface area contributed by atoms with E-state index in [0.29, 0.717) is 23.1 Å². The third-order valence-corrected chi connectivity index (χ3v) is 3.22. The number of allylic oxidation sites excluding steroid dienone is 1. The SMILES string of the molecule is O=C1C(=Cc2ccc(F)c(F)c2)Cc2ccccc21. The first-order chi connectivity index (χ1) is 9.15. The molecule has 2 aromatic carbocycles. The van der Waals surface area contributed by atoms with Gasteiger partial charge in [0.25, 0.3) is 0 Å². The molecule has 0 aromatic heterocycles. The molecule has 1 aliphatic carbocycles. The third-order valence-electron chi connectivity index (χ3n) is 3.22. The van der Waals surface area contributed by atoms with E-state index in [1.807, 2.05) is 18.2 Å². The molecule has 0 bridgehead atoms. The van der Waals surface area contributed by atoms with Crippen molar-refractivity contribution in [1.29, 1.82) is 0 Å². The summed E-state index contributed by atoms with van der Waals surface area (Å²) in [7, 11) is 0. The molecule has 0 saturated heterocycles. The van der Waals surface area contributed by atoms with E-state index in [-0.39, 0.29) is 5.78 Å². The van der Waals surface area contributed by atoms with Crippen molar-refractivity contribution in [3.63, 3.8) is 0 Å². The van der Waals surface area contributed by atoms with Gasteiger partial charge in [0.05, 0.1) is 0 Å².